The van der Waals surface area contributed by atoms with Gasteiger partial charge in [0.25, 0.3) is 0 Å². The second-order valence-electron chi connectivity index (χ2n) is 5.34. The van der Waals surface area contributed by atoms with Crippen LogP contribution in [-0.2, 0) is 0 Å². The number of unbranched alkanes of at least 4 members (excludes halogenated alkanes) is 1. The fourth-order valence-electron chi connectivity index (χ4n) is 2.65. The second kappa shape index (κ2) is 8.59. The number of nitrogens with one attached hydrogen (secondary N) is 2. The first-order valence-corrected chi connectivity index (χ1v) is 7.59. The number of anilines is 1. The van der Waals surface area contributed by atoms with Crippen molar-refractivity contribution in [2.24, 2.45) is 0 Å². The molecular weight excluding hydrogens is 268 g/mol. The van der Waals surface area contributed by atoms with E-state index in [0.717, 1.165) is 38.0 Å². The van der Waals surface area contributed by atoms with Gasteiger partial charge in [-0.15, -0.1) is 0 Å². The van der Waals surface area contributed by atoms with Gasteiger partial charge in [-0.3, -0.25) is 9.88 Å². The average molecular weight is 292 g/mol. The number of urea groups is 1. The molecule has 1 aliphatic heterocycles. The zero-order valence-electron chi connectivity index (χ0n) is 12.3. The highest BCUT2D eigenvalue weighted by Gasteiger charge is 2.22. The summed E-state index contributed by atoms with van der Waals surface area (Å²) in [6.45, 7) is 3.00. The Morgan fingerprint density at radius 3 is 2.95 bits per heavy atom. The lowest BCUT2D eigenvalue weighted by atomic mass is 10.2. The van der Waals surface area contributed by atoms with Crippen molar-refractivity contribution >= 4 is 11.7 Å². The molecule has 6 heteroatoms. The van der Waals surface area contributed by atoms with E-state index in [-0.39, 0.29) is 12.6 Å². The van der Waals surface area contributed by atoms with Crippen LogP contribution in [0.3, 0.4) is 0 Å². The number of carbonyl (C=O) groups is 1. The molecule has 0 unspecified atom stereocenters. The molecule has 0 aromatic carbocycles. The summed E-state index contributed by atoms with van der Waals surface area (Å²) in [5.41, 5.74) is 0.741. The SMILES string of the molecule is O=C(NCCCCN1CCC[C@H]1CO)Nc1ccncc1. The molecule has 2 rings (SSSR count). The molecule has 1 atom stereocenters. The molecule has 0 aliphatic carbocycles. The predicted molar refractivity (Wildman–Crippen MR) is 82.2 cm³/mol. The van der Waals surface area contributed by atoms with Crippen LogP contribution in [0.25, 0.3) is 0 Å². The Hall–Kier alpha value is -1.66. The molecule has 6 nitrogen and oxygen atoms in total. The number of nitrogens with zero attached hydrogens (tertiary/aromatic N) is 2. The molecule has 2 heterocycles. The van der Waals surface area contributed by atoms with Crippen LogP contribution in [0.1, 0.15) is 25.7 Å². The van der Waals surface area contributed by atoms with Gasteiger partial charge < -0.3 is 15.7 Å². The van der Waals surface area contributed by atoms with Gasteiger partial charge in [0.05, 0.1) is 6.61 Å². The van der Waals surface area contributed by atoms with Crippen molar-refractivity contribution in [3.8, 4) is 0 Å². The average Bonchev–Trinajstić information content (AvgIpc) is 2.95. The minimum atomic E-state index is -0.185. The van der Waals surface area contributed by atoms with Crippen LogP contribution in [0.4, 0.5) is 10.5 Å². The molecule has 1 aromatic rings. The van der Waals surface area contributed by atoms with E-state index in [0.29, 0.717) is 12.6 Å². The van der Waals surface area contributed by atoms with Crippen molar-refractivity contribution in [1.29, 1.82) is 0 Å². The zero-order valence-corrected chi connectivity index (χ0v) is 12.3. The molecule has 116 valence electrons. The summed E-state index contributed by atoms with van der Waals surface area (Å²) in [6, 6.07) is 3.66. The van der Waals surface area contributed by atoms with E-state index >= 15 is 0 Å². The third-order valence-corrected chi connectivity index (χ3v) is 3.81. The Morgan fingerprint density at radius 1 is 1.38 bits per heavy atom. The Morgan fingerprint density at radius 2 is 2.19 bits per heavy atom. The number of likely N-dealkylation sites (tertiary alicyclic amines) is 1. The topological polar surface area (TPSA) is 77.5 Å². The van der Waals surface area contributed by atoms with Gasteiger partial charge in [0.1, 0.15) is 0 Å². The first-order valence-electron chi connectivity index (χ1n) is 7.59. The molecule has 0 bridgehead atoms. The van der Waals surface area contributed by atoms with Crippen LogP contribution in [0.15, 0.2) is 24.5 Å². The molecular formula is C15H24N4O2. The van der Waals surface area contributed by atoms with E-state index in [1.54, 1.807) is 24.5 Å². The first kappa shape index (κ1) is 15.7. The van der Waals surface area contributed by atoms with Crippen molar-refractivity contribution in [3.63, 3.8) is 0 Å². The number of pyridine rings is 1. The number of carbonyl (C=O) groups excluding carboxylic acids is 1. The summed E-state index contributed by atoms with van der Waals surface area (Å²) in [6.07, 6.45) is 7.54. The normalized spacial score (nSPS) is 18.6. The van der Waals surface area contributed by atoms with Gasteiger partial charge in [0.2, 0.25) is 0 Å². The maximum atomic E-state index is 11.6. The summed E-state index contributed by atoms with van der Waals surface area (Å²) in [4.78, 5) is 17.9. The van der Waals surface area contributed by atoms with Gasteiger partial charge in [-0.2, -0.15) is 0 Å². The Bertz CT molecular complexity index is 427. The summed E-state index contributed by atoms with van der Waals surface area (Å²) in [7, 11) is 0. The van der Waals surface area contributed by atoms with Crippen LogP contribution in [0.2, 0.25) is 0 Å². The highest BCUT2D eigenvalue weighted by atomic mass is 16.3. The summed E-state index contributed by atoms with van der Waals surface area (Å²) < 4.78 is 0. The molecule has 0 saturated carbocycles. The standard InChI is InChI=1S/C15H24N4O2/c20-12-14-4-3-11-19(14)10-2-1-7-17-15(21)18-13-5-8-16-9-6-13/h5-6,8-9,14,20H,1-4,7,10-12H2,(H2,16,17,18,21)/t14-/m0/s1. The largest absolute Gasteiger partial charge is 0.395 e. The van der Waals surface area contributed by atoms with Crippen molar-refractivity contribution in [2.75, 3.05) is 31.6 Å². The van der Waals surface area contributed by atoms with Crippen LogP contribution in [-0.4, -0.2) is 53.3 Å². The number of aliphatic hydroxyl groups is 1. The van der Waals surface area contributed by atoms with E-state index < -0.39 is 0 Å². The van der Waals surface area contributed by atoms with Crippen molar-refractivity contribution in [1.82, 2.24) is 15.2 Å². The third-order valence-electron chi connectivity index (χ3n) is 3.81. The van der Waals surface area contributed by atoms with E-state index in [4.69, 9.17) is 0 Å². The molecule has 0 radical (unpaired) electrons. The highest BCUT2D eigenvalue weighted by molar-refractivity contribution is 5.88. The highest BCUT2D eigenvalue weighted by Crippen LogP contribution is 2.16. The van der Waals surface area contributed by atoms with E-state index in [1.165, 1.54) is 6.42 Å². The number of amides is 2. The monoisotopic (exact) mass is 292 g/mol. The van der Waals surface area contributed by atoms with E-state index in [2.05, 4.69) is 20.5 Å². The first-order chi connectivity index (χ1) is 10.3. The lowest BCUT2D eigenvalue weighted by Crippen LogP contribution is -2.34. The molecule has 0 spiro atoms. The molecule has 1 fully saturated rings. The number of hydrogen-bond acceptors (Lipinski definition) is 4. The molecule has 2 amide bonds. The van der Waals surface area contributed by atoms with Gasteiger partial charge in [-0.1, -0.05) is 0 Å². The smallest absolute Gasteiger partial charge is 0.319 e. The Balaban J connectivity index is 1.54. The van der Waals surface area contributed by atoms with Crippen LogP contribution in [0, 0.1) is 0 Å². The van der Waals surface area contributed by atoms with Gasteiger partial charge in [0.15, 0.2) is 0 Å². The van der Waals surface area contributed by atoms with Gasteiger partial charge in [0, 0.05) is 30.7 Å². The molecule has 1 saturated heterocycles. The van der Waals surface area contributed by atoms with Gasteiger partial charge in [-0.25, -0.2) is 4.79 Å². The lowest BCUT2D eigenvalue weighted by Gasteiger charge is -2.22. The molecule has 21 heavy (non-hydrogen) atoms. The van der Waals surface area contributed by atoms with Gasteiger partial charge >= 0.3 is 6.03 Å². The predicted octanol–water partition coefficient (Wildman–Crippen LogP) is 1.44. The molecule has 3 N–H and O–H groups in total. The summed E-state index contributed by atoms with van der Waals surface area (Å²) in [5.74, 6) is 0. The number of aromatic nitrogens is 1. The summed E-state index contributed by atoms with van der Waals surface area (Å²) in [5, 5.41) is 14.8. The Labute approximate surface area is 125 Å². The third kappa shape index (κ3) is 5.32. The van der Waals surface area contributed by atoms with Gasteiger partial charge in [-0.05, 0) is 50.9 Å². The van der Waals surface area contributed by atoms with Crippen molar-refractivity contribution in [3.05, 3.63) is 24.5 Å². The van der Waals surface area contributed by atoms with Crippen LogP contribution >= 0.6 is 0 Å². The summed E-state index contributed by atoms with van der Waals surface area (Å²) >= 11 is 0. The van der Waals surface area contributed by atoms with Crippen LogP contribution in [0.5, 0.6) is 0 Å². The minimum Gasteiger partial charge on any atom is -0.395 e. The molecule has 1 aromatic heterocycles. The second-order valence-corrected chi connectivity index (χ2v) is 5.34. The van der Waals surface area contributed by atoms with E-state index in [1.807, 2.05) is 0 Å². The zero-order chi connectivity index (χ0) is 14.9. The number of hydrogen-bond donors (Lipinski definition) is 3. The van der Waals surface area contributed by atoms with E-state index in [9.17, 15) is 9.90 Å². The number of rotatable bonds is 7. The lowest BCUT2D eigenvalue weighted by molar-refractivity contribution is 0.157. The Kier molecular flexibility index (Phi) is 6.43. The minimum absolute atomic E-state index is 0.185. The van der Waals surface area contributed by atoms with Crippen molar-refractivity contribution in [2.45, 2.75) is 31.7 Å². The molecule has 1 aliphatic rings. The maximum Gasteiger partial charge on any atom is 0.319 e. The van der Waals surface area contributed by atoms with Crippen molar-refractivity contribution < 1.29 is 9.90 Å². The fraction of sp³-hybridized carbons (Fsp3) is 0.600. The quantitative estimate of drug-likeness (QED) is 0.665. The van der Waals surface area contributed by atoms with Crippen LogP contribution < -0.4 is 10.6 Å². The maximum absolute atomic E-state index is 11.6. The fourth-order valence-corrected chi connectivity index (χ4v) is 2.65. The number of aliphatic hydroxyl groups excluding tert-OH is 1.